The van der Waals surface area contributed by atoms with Crippen LogP contribution in [0.5, 0.6) is 0 Å². The van der Waals surface area contributed by atoms with Crippen LogP contribution >= 0.6 is 0 Å². The average molecular weight is 410 g/mol. The van der Waals surface area contributed by atoms with Gasteiger partial charge in [0, 0.05) is 18.5 Å². The third-order valence-electron chi connectivity index (χ3n) is 6.72. The van der Waals surface area contributed by atoms with Crippen molar-refractivity contribution in [3.8, 4) is 0 Å². The number of nitrogens with zero attached hydrogens (tertiary/aromatic N) is 1. The summed E-state index contributed by atoms with van der Waals surface area (Å²) in [6.07, 6.45) is 0.588. The Bertz CT molecular complexity index is 798. The molecule has 3 atom stereocenters. The van der Waals surface area contributed by atoms with E-state index in [-0.39, 0.29) is 29.2 Å². The minimum Gasteiger partial charge on any atom is -0.446 e. The smallest absolute Gasteiger partial charge is 0.418 e. The largest absolute Gasteiger partial charge is 0.446 e. The van der Waals surface area contributed by atoms with Crippen molar-refractivity contribution in [3.05, 3.63) is 29.8 Å². The maximum atomic E-state index is 13.1. The first-order valence-electron chi connectivity index (χ1n) is 10.2. The maximum Gasteiger partial charge on any atom is 0.418 e. The van der Waals surface area contributed by atoms with E-state index in [4.69, 9.17) is 4.74 Å². The van der Waals surface area contributed by atoms with Gasteiger partial charge in [0.25, 0.3) is 0 Å². The molecule has 2 heterocycles. The Kier molecular flexibility index (Phi) is 5.21. The lowest BCUT2D eigenvalue weighted by atomic mass is 9.69. The number of para-hydroxylation sites is 1. The molecule has 3 fully saturated rings. The lowest BCUT2D eigenvalue weighted by Crippen LogP contribution is -2.54. The number of alkyl halides is 3. The van der Waals surface area contributed by atoms with Gasteiger partial charge in [-0.15, -0.1) is 0 Å². The van der Waals surface area contributed by atoms with Crippen molar-refractivity contribution >= 4 is 17.7 Å². The highest BCUT2D eigenvalue weighted by Gasteiger charge is 2.53. The monoisotopic (exact) mass is 410 g/mol. The summed E-state index contributed by atoms with van der Waals surface area (Å²) in [5.41, 5.74) is -1.32. The van der Waals surface area contributed by atoms with Crippen molar-refractivity contribution in [1.82, 2.24) is 4.90 Å². The number of hydrogen-bond acceptors (Lipinski definition) is 3. The Morgan fingerprint density at radius 1 is 1.17 bits per heavy atom. The fourth-order valence-corrected chi connectivity index (χ4v) is 5.49. The molecule has 1 N–H and O–H groups in total. The van der Waals surface area contributed by atoms with E-state index >= 15 is 0 Å². The van der Waals surface area contributed by atoms with E-state index in [0.717, 1.165) is 44.7 Å². The Morgan fingerprint density at radius 3 is 2.76 bits per heavy atom. The van der Waals surface area contributed by atoms with E-state index in [9.17, 15) is 22.8 Å². The van der Waals surface area contributed by atoms with Crippen molar-refractivity contribution in [2.75, 3.05) is 11.9 Å². The first-order valence-corrected chi connectivity index (χ1v) is 10.2. The minimum atomic E-state index is -4.56. The van der Waals surface area contributed by atoms with Crippen LogP contribution in [0.15, 0.2) is 24.3 Å². The Labute approximate surface area is 167 Å². The molecule has 5 nitrogen and oxygen atoms in total. The SMILES string of the molecule is O=C(Nc1ccccc1C(F)(F)F)O[C@@H]1CC[C@@]23CCCN2C(=O)CCC[C@H]3C1. The predicted octanol–water partition coefficient (Wildman–Crippen LogP) is 4.97. The van der Waals surface area contributed by atoms with Crippen LogP contribution in [0.2, 0.25) is 0 Å². The van der Waals surface area contributed by atoms with Gasteiger partial charge < -0.3 is 9.64 Å². The zero-order chi connectivity index (χ0) is 20.6. The highest BCUT2D eigenvalue weighted by Crippen LogP contribution is 2.50. The third-order valence-corrected chi connectivity index (χ3v) is 6.72. The predicted molar refractivity (Wildman–Crippen MR) is 100 cm³/mol. The number of nitrogens with one attached hydrogen (secondary N) is 1. The average Bonchev–Trinajstić information content (AvgIpc) is 3.03. The number of carbonyl (C=O) groups is 2. The van der Waals surface area contributed by atoms with Crippen molar-refractivity contribution in [3.63, 3.8) is 0 Å². The molecule has 1 aliphatic carbocycles. The fourth-order valence-electron chi connectivity index (χ4n) is 5.49. The summed E-state index contributed by atoms with van der Waals surface area (Å²) >= 11 is 0. The summed E-state index contributed by atoms with van der Waals surface area (Å²) in [4.78, 5) is 26.8. The van der Waals surface area contributed by atoms with Gasteiger partial charge in [0.05, 0.1) is 11.3 Å². The molecule has 2 aliphatic heterocycles. The molecule has 0 radical (unpaired) electrons. The number of benzene rings is 1. The molecule has 1 aromatic rings. The van der Waals surface area contributed by atoms with Gasteiger partial charge in [-0.2, -0.15) is 13.2 Å². The molecule has 4 rings (SSSR count). The van der Waals surface area contributed by atoms with E-state index in [1.165, 1.54) is 18.2 Å². The highest BCUT2D eigenvalue weighted by molar-refractivity contribution is 5.86. The number of rotatable bonds is 2. The molecule has 0 unspecified atom stereocenters. The number of hydrogen-bond donors (Lipinski definition) is 1. The van der Waals surface area contributed by atoms with Crippen LogP contribution in [0, 0.1) is 5.92 Å². The summed E-state index contributed by atoms with van der Waals surface area (Å²) < 4.78 is 44.8. The second-order valence-electron chi connectivity index (χ2n) is 8.31. The summed E-state index contributed by atoms with van der Waals surface area (Å²) in [5.74, 6) is 0.497. The van der Waals surface area contributed by atoms with Crippen LogP contribution in [-0.4, -0.2) is 35.1 Å². The molecule has 8 heteroatoms. The van der Waals surface area contributed by atoms with Crippen LogP contribution in [0.3, 0.4) is 0 Å². The topological polar surface area (TPSA) is 58.6 Å². The van der Waals surface area contributed by atoms with Gasteiger partial charge in [-0.25, -0.2) is 4.79 Å². The number of amides is 2. The number of halogens is 3. The molecule has 1 saturated carbocycles. The van der Waals surface area contributed by atoms with E-state index in [0.29, 0.717) is 19.3 Å². The maximum absolute atomic E-state index is 13.1. The molecule has 1 aromatic carbocycles. The lowest BCUT2D eigenvalue weighted by molar-refractivity contribution is -0.138. The van der Waals surface area contributed by atoms with Crippen molar-refractivity contribution in [1.29, 1.82) is 0 Å². The third kappa shape index (κ3) is 3.81. The van der Waals surface area contributed by atoms with E-state index in [2.05, 4.69) is 10.2 Å². The highest BCUT2D eigenvalue weighted by atomic mass is 19.4. The number of anilines is 1. The normalized spacial score (nSPS) is 29.6. The molecule has 3 aliphatic rings. The Hall–Kier alpha value is -2.25. The molecule has 2 saturated heterocycles. The quantitative estimate of drug-likeness (QED) is 0.749. The molecule has 158 valence electrons. The molecular weight excluding hydrogens is 385 g/mol. The van der Waals surface area contributed by atoms with E-state index in [1.54, 1.807) is 0 Å². The van der Waals surface area contributed by atoms with Gasteiger partial charge >= 0.3 is 12.3 Å². The van der Waals surface area contributed by atoms with E-state index in [1.807, 2.05) is 0 Å². The van der Waals surface area contributed by atoms with Gasteiger partial charge in [0.15, 0.2) is 0 Å². The van der Waals surface area contributed by atoms with Gasteiger partial charge in [-0.1, -0.05) is 12.1 Å². The number of carbonyl (C=O) groups excluding carboxylic acids is 2. The standard InChI is InChI=1S/C21H25F3N2O3/c22-21(23,24)16-6-1-2-7-17(16)25-19(28)29-15-9-11-20-10-4-12-26(20)18(27)8-3-5-14(20)13-15/h1-2,6-7,14-15H,3-5,8-13H2,(H,25,28)/t14-,15+,20+/m0/s1. The zero-order valence-electron chi connectivity index (χ0n) is 16.1. The molecule has 0 bridgehead atoms. The van der Waals surface area contributed by atoms with Crippen molar-refractivity contribution in [2.45, 2.75) is 69.2 Å². The van der Waals surface area contributed by atoms with Crippen LogP contribution in [0.1, 0.15) is 56.9 Å². The van der Waals surface area contributed by atoms with Gasteiger partial charge in [-0.05, 0) is 63.0 Å². The van der Waals surface area contributed by atoms with Crippen molar-refractivity contribution < 1.29 is 27.5 Å². The van der Waals surface area contributed by atoms with Gasteiger partial charge in [0.1, 0.15) is 6.10 Å². The summed E-state index contributed by atoms with van der Waals surface area (Å²) in [6, 6.07) is 4.86. The number of ether oxygens (including phenoxy) is 1. The molecule has 29 heavy (non-hydrogen) atoms. The zero-order valence-corrected chi connectivity index (χ0v) is 16.1. The van der Waals surface area contributed by atoms with Crippen LogP contribution in [0.25, 0.3) is 0 Å². The second kappa shape index (κ2) is 7.54. The molecule has 0 aromatic heterocycles. The molecule has 1 spiro atoms. The first kappa shape index (κ1) is 20.0. The summed E-state index contributed by atoms with van der Waals surface area (Å²) in [5, 5.41) is 2.25. The summed E-state index contributed by atoms with van der Waals surface area (Å²) in [7, 11) is 0. The van der Waals surface area contributed by atoms with Crippen LogP contribution < -0.4 is 5.32 Å². The summed E-state index contributed by atoms with van der Waals surface area (Å²) in [6.45, 7) is 0.801. The Balaban J connectivity index is 1.42. The second-order valence-corrected chi connectivity index (χ2v) is 8.31. The molecule has 2 amide bonds. The van der Waals surface area contributed by atoms with Crippen LogP contribution in [-0.2, 0) is 15.7 Å². The van der Waals surface area contributed by atoms with Crippen LogP contribution in [0.4, 0.5) is 23.7 Å². The van der Waals surface area contributed by atoms with Crippen molar-refractivity contribution in [2.24, 2.45) is 5.92 Å². The van der Waals surface area contributed by atoms with Gasteiger partial charge in [-0.3, -0.25) is 10.1 Å². The Morgan fingerprint density at radius 2 is 1.97 bits per heavy atom. The van der Waals surface area contributed by atoms with Gasteiger partial charge in [0.2, 0.25) is 5.91 Å². The first-order chi connectivity index (χ1) is 13.8. The lowest BCUT2D eigenvalue weighted by Gasteiger charge is -2.48. The minimum absolute atomic E-state index is 0.118. The molecular formula is C21H25F3N2O3. The van der Waals surface area contributed by atoms with E-state index < -0.39 is 17.8 Å². The fraction of sp³-hybridized carbons (Fsp3) is 0.619.